The van der Waals surface area contributed by atoms with Crippen molar-refractivity contribution in [2.24, 2.45) is 5.92 Å². The molecule has 0 aromatic heterocycles. The average molecular weight is 255 g/mol. The van der Waals surface area contributed by atoms with Crippen LogP contribution in [-0.2, 0) is 9.53 Å². The van der Waals surface area contributed by atoms with Gasteiger partial charge in [0.15, 0.2) is 0 Å². The predicted octanol–water partition coefficient (Wildman–Crippen LogP) is -0.105. The zero-order valence-corrected chi connectivity index (χ0v) is 11.0. The maximum absolute atomic E-state index is 11.9. The molecule has 18 heavy (non-hydrogen) atoms. The minimum absolute atomic E-state index is 0.0289. The molecule has 2 aliphatic rings. The van der Waals surface area contributed by atoms with E-state index in [-0.39, 0.29) is 23.9 Å². The van der Waals surface area contributed by atoms with E-state index in [2.05, 4.69) is 5.32 Å². The Bertz CT molecular complexity index is 321. The third kappa shape index (κ3) is 2.93. The van der Waals surface area contributed by atoms with Gasteiger partial charge < -0.3 is 19.9 Å². The molecule has 102 valence electrons. The number of nitrogens with one attached hydrogen (secondary N) is 1. The number of ether oxygens (including phenoxy) is 1. The summed E-state index contributed by atoms with van der Waals surface area (Å²) in [5, 5.41) is 2.98. The first-order valence-corrected chi connectivity index (χ1v) is 6.42. The van der Waals surface area contributed by atoms with Gasteiger partial charge in [-0.25, -0.2) is 4.79 Å². The molecule has 0 aromatic rings. The molecule has 0 atom stereocenters. The van der Waals surface area contributed by atoms with Gasteiger partial charge in [-0.1, -0.05) is 0 Å². The lowest BCUT2D eigenvalue weighted by molar-refractivity contribution is -0.130. The van der Waals surface area contributed by atoms with Gasteiger partial charge in [0.05, 0.1) is 19.3 Å². The highest BCUT2D eigenvalue weighted by Gasteiger charge is 2.30. The second-order valence-electron chi connectivity index (χ2n) is 5.18. The molecule has 1 N–H and O–H groups in total. The third-order valence-corrected chi connectivity index (χ3v) is 3.50. The third-order valence-electron chi connectivity index (χ3n) is 3.50. The molecule has 3 amide bonds. The Hall–Kier alpha value is -1.30. The molecule has 2 aliphatic heterocycles. The minimum atomic E-state index is 0.0289. The van der Waals surface area contributed by atoms with Crippen LogP contribution in [0.2, 0.25) is 0 Å². The predicted molar refractivity (Wildman–Crippen MR) is 66.1 cm³/mol. The number of likely N-dealkylation sites (tertiary alicyclic amines) is 1. The fourth-order valence-corrected chi connectivity index (χ4v) is 2.25. The Morgan fingerprint density at radius 1 is 1.22 bits per heavy atom. The zero-order chi connectivity index (χ0) is 13.1. The molecule has 0 aliphatic carbocycles. The van der Waals surface area contributed by atoms with Crippen LogP contribution in [0.4, 0.5) is 4.79 Å². The van der Waals surface area contributed by atoms with Crippen LogP contribution in [0.5, 0.6) is 0 Å². The molecular weight excluding hydrogens is 234 g/mol. The first-order chi connectivity index (χ1) is 8.58. The van der Waals surface area contributed by atoms with Crippen molar-refractivity contribution in [2.45, 2.75) is 18.9 Å². The smallest absolute Gasteiger partial charge is 0.319 e. The zero-order valence-electron chi connectivity index (χ0n) is 11.0. The number of nitrogens with zero attached hydrogens (tertiary/aromatic N) is 2. The molecule has 0 unspecified atom stereocenters. The fraction of sp³-hybridized carbons (Fsp3) is 0.833. The van der Waals surface area contributed by atoms with Crippen LogP contribution < -0.4 is 5.32 Å². The summed E-state index contributed by atoms with van der Waals surface area (Å²) in [6.45, 7) is 2.58. The van der Waals surface area contributed by atoms with Crippen LogP contribution in [0.15, 0.2) is 0 Å². The van der Waals surface area contributed by atoms with Gasteiger partial charge in [-0.2, -0.15) is 0 Å². The number of amides is 3. The highest BCUT2D eigenvalue weighted by Crippen LogP contribution is 2.18. The normalized spacial score (nSPS) is 21.3. The first kappa shape index (κ1) is 13.1. The monoisotopic (exact) mass is 255 g/mol. The van der Waals surface area contributed by atoms with Gasteiger partial charge in [-0.15, -0.1) is 0 Å². The maximum Gasteiger partial charge on any atom is 0.319 e. The van der Waals surface area contributed by atoms with E-state index in [0.717, 1.165) is 12.8 Å². The van der Waals surface area contributed by atoms with E-state index < -0.39 is 0 Å². The SMILES string of the molecule is CN(C)C(=O)N1CCC(C(=O)NC2COC2)CC1. The summed E-state index contributed by atoms with van der Waals surface area (Å²) in [5.41, 5.74) is 0. The molecule has 6 heteroatoms. The molecule has 0 radical (unpaired) electrons. The number of urea groups is 1. The largest absolute Gasteiger partial charge is 0.377 e. The van der Waals surface area contributed by atoms with Crippen molar-refractivity contribution in [3.63, 3.8) is 0 Å². The lowest BCUT2D eigenvalue weighted by atomic mass is 9.95. The summed E-state index contributed by atoms with van der Waals surface area (Å²) in [7, 11) is 3.50. The molecule has 6 nitrogen and oxygen atoms in total. The number of hydrogen-bond donors (Lipinski definition) is 1. The number of carbonyl (C=O) groups is 2. The van der Waals surface area contributed by atoms with Crippen molar-refractivity contribution >= 4 is 11.9 Å². The average Bonchev–Trinajstić information content (AvgIpc) is 2.32. The Morgan fingerprint density at radius 3 is 2.28 bits per heavy atom. The maximum atomic E-state index is 11.9. The van der Waals surface area contributed by atoms with E-state index in [1.165, 1.54) is 0 Å². The van der Waals surface area contributed by atoms with Crippen molar-refractivity contribution in [3.05, 3.63) is 0 Å². The molecule has 0 bridgehead atoms. The van der Waals surface area contributed by atoms with Crippen LogP contribution >= 0.6 is 0 Å². The topological polar surface area (TPSA) is 61.9 Å². The van der Waals surface area contributed by atoms with Crippen LogP contribution in [0.1, 0.15) is 12.8 Å². The van der Waals surface area contributed by atoms with Gasteiger partial charge in [0.25, 0.3) is 0 Å². The van der Waals surface area contributed by atoms with E-state index in [1.54, 1.807) is 23.9 Å². The summed E-state index contributed by atoms with van der Waals surface area (Å²) in [6.07, 6.45) is 1.50. The molecule has 2 rings (SSSR count). The van der Waals surface area contributed by atoms with E-state index in [1.807, 2.05) is 0 Å². The van der Waals surface area contributed by atoms with Gasteiger partial charge in [-0.3, -0.25) is 4.79 Å². The molecule has 2 heterocycles. The van der Waals surface area contributed by atoms with E-state index in [4.69, 9.17) is 4.74 Å². The lowest BCUT2D eigenvalue weighted by Gasteiger charge is -2.34. The van der Waals surface area contributed by atoms with E-state index in [9.17, 15) is 9.59 Å². The van der Waals surface area contributed by atoms with E-state index in [0.29, 0.717) is 26.3 Å². The van der Waals surface area contributed by atoms with Crippen LogP contribution in [0.25, 0.3) is 0 Å². The van der Waals surface area contributed by atoms with Gasteiger partial charge in [0.1, 0.15) is 0 Å². The number of piperidine rings is 1. The Labute approximate surface area is 107 Å². The van der Waals surface area contributed by atoms with Crippen LogP contribution in [-0.4, -0.2) is 68.2 Å². The quantitative estimate of drug-likeness (QED) is 0.749. The van der Waals surface area contributed by atoms with Gasteiger partial charge in [0, 0.05) is 33.1 Å². The van der Waals surface area contributed by atoms with E-state index >= 15 is 0 Å². The van der Waals surface area contributed by atoms with Crippen molar-refractivity contribution < 1.29 is 14.3 Å². The second-order valence-corrected chi connectivity index (χ2v) is 5.18. The second kappa shape index (κ2) is 5.56. The minimum Gasteiger partial charge on any atom is -0.377 e. The van der Waals surface area contributed by atoms with Crippen molar-refractivity contribution in [2.75, 3.05) is 40.4 Å². The summed E-state index contributed by atoms with van der Waals surface area (Å²) in [5.74, 6) is 0.150. The van der Waals surface area contributed by atoms with Crippen LogP contribution in [0, 0.1) is 5.92 Å². The van der Waals surface area contributed by atoms with Crippen molar-refractivity contribution in [1.82, 2.24) is 15.1 Å². The molecule has 0 spiro atoms. The molecule has 2 saturated heterocycles. The van der Waals surface area contributed by atoms with Crippen molar-refractivity contribution in [3.8, 4) is 0 Å². The highest BCUT2D eigenvalue weighted by molar-refractivity contribution is 5.80. The summed E-state index contributed by atoms with van der Waals surface area (Å²) in [4.78, 5) is 27.1. The standard InChI is InChI=1S/C12H21N3O3/c1-14(2)12(17)15-5-3-9(4-6-15)11(16)13-10-7-18-8-10/h9-10H,3-8H2,1-2H3,(H,13,16). The molecular formula is C12H21N3O3. The number of hydrogen-bond acceptors (Lipinski definition) is 3. The molecule has 0 aromatic carbocycles. The van der Waals surface area contributed by atoms with Crippen LogP contribution in [0.3, 0.4) is 0 Å². The molecule has 0 saturated carbocycles. The highest BCUT2D eigenvalue weighted by atomic mass is 16.5. The summed E-state index contributed by atoms with van der Waals surface area (Å²) in [6, 6.07) is 0.222. The lowest BCUT2D eigenvalue weighted by Crippen LogP contribution is -2.52. The summed E-state index contributed by atoms with van der Waals surface area (Å²) >= 11 is 0. The van der Waals surface area contributed by atoms with Gasteiger partial charge in [0.2, 0.25) is 5.91 Å². The van der Waals surface area contributed by atoms with Gasteiger partial charge >= 0.3 is 6.03 Å². The Morgan fingerprint density at radius 2 is 1.83 bits per heavy atom. The summed E-state index contributed by atoms with van der Waals surface area (Å²) < 4.78 is 5.02. The number of carbonyl (C=O) groups excluding carboxylic acids is 2. The first-order valence-electron chi connectivity index (χ1n) is 6.42. The molecule has 2 fully saturated rings. The van der Waals surface area contributed by atoms with Crippen molar-refractivity contribution in [1.29, 1.82) is 0 Å². The Kier molecular flexibility index (Phi) is 4.06. The number of rotatable bonds is 2. The van der Waals surface area contributed by atoms with Gasteiger partial charge in [-0.05, 0) is 12.8 Å². The fourth-order valence-electron chi connectivity index (χ4n) is 2.25. The Balaban J connectivity index is 1.75.